The van der Waals surface area contributed by atoms with Crippen LogP contribution in [0.1, 0.15) is 44.4 Å². The fourth-order valence-corrected chi connectivity index (χ4v) is 4.35. The Balaban J connectivity index is 0.00000205. The van der Waals surface area contributed by atoms with Crippen LogP contribution in [0.4, 0.5) is 17.6 Å². The van der Waals surface area contributed by atoms with Crippen molar-refractivity contribution in [2.24, 2.45) is 0 Å². The number of rotatable bonds is 9. The monoisotopic (exact) mass is 545 g/mol. The van der Waals surface area contributed by atoms with Gasteiger partial charge in [0.25, 0.3) is 0 Å². The van der Waals surface area contributed by atoms with Gasteiger partial charge in [-0.15, -0.1) is 0 Å². The normalized spacial score (nSPS) is 15.1. The van der Waals surface area contributed by atoms with E-state index < -0.39 is 30.9 Å². The van der Waals surface area contributed by atoms with Crippen LogP contribution in [0.3, 0.4) is 0 Å². The van der Waals surface area contributed by atoms with Gasteiger partial charge in [-0.25, -0.2) is 8.78 Å². The summed E-state index contributed by atoms with van der Waals surface area (Å²) >= 11 is 0. The number of allylic oxidation sites excluding steroid dienone is 3. The third-order valence-electron chi connectivity index (χ3n) is 6.01. The molecular weight excluding hydrogens is 514 g/mol. The van der Waals surface area contributed by atoms with Crippen LogP contribution < -0.4 is 4.74 Å². The topological polar surface area (TPSA) is 60.7 Å². The molecule has 1 aromatic heterocycles. The second-order valence-electron chi connectivity index (χ2n) is 8.63. The van der Waals surface area contributed by atoms with Gasteiger partial charge in [0.15, 0.2) is 0 Å². The minimum atomic E-state index is -3.04. The Morgan fingerprint density at radius 2 is 1.74 bits per heavy atom. The van der Waals surface area contributed by atoms with Gasteiger partial charge in [-0.05, 0) is 79.4 Å². The van der Waals surface area contributed by atoms with E-state index in [-0.39, 0.29) is 24.4 Å². The summed E-state index contributed by atoms with van der Waals surface area (Å²) in [6, 6.07) is 13.5. The van der Waals surface area contributed by atoms with E-state index in [0.717, 1.165) is 11.3 Å². The van der Waals surface area contributed by atoms with Crippen LogP contribution in [-0.2, 0) is 16.1 Å². The highest BCUT2D eigenvalue weighted by Gasteiger charge is 2.25. The zero-order chi connectivity index (χ0) is 28.5. The summed E-state index contributed by atoms with van der Waals surface area (Å²) in [6.45, 7) is 2.91. The van der Waals surface area contributed by atoms with Crippen LogP contribution in [0.5, 0.6) is 5.75 Å². The maximum Gasteiger partial charge on any atom is 0.345 e. The highest BCUT2D eigenvalue weighted by atomic mass is 19.3. The molecule has 1 atom stereocenters. The van der Waals surface area contributed by atoms with Crippen LogP contribution in [0.2, 0.25) is 0 Å². The van der Waals surface area contributed by atoms with Gasteiger partial charge in [0.1, 0.15) is 24.0 Å². The van der Waals surface area contributed by atoms with Crippen molar-refractivity contribution >= 4 is 11.7 Å². The Bertz CT molecular complexity index is 1330. The number of halogens is 4. The van der Waals surface area contributed by atoms with Crippen molar-refractivity contribution < 1.29 is 36.9 Å². The molecule has 0 aliphatic heterocycles. The van der Waals surface area contributed by atoms with Gasteiger partial charge >= 0.3 is 12.6 Å². The standard InChI is InChI=1S/C28H25F4NO4.C2H6/c1-17-5-11-24(23-15-21(30)10-12-26(23)36-16-18-6-8-20(29)9-7-18)33(17)22-3-2-4-25(37-28(31)32)19(13-22)14-27(34)35;1-2/h3,5-13,15,25,28H,2,4,14,16H2,1H3,(H,34,35);1-2H3. The average Bonchev–Trinajstić information content (AvgIpc) is 3.18. The minimum absolute atomic E-state index is 0.122. The number of ether oxygens (including phenoxy) is 2. The zero-order valence-corrected chi connectivity index (χ0v) is 22.0. The highest BCUT2D eigenvalue weighted by molar-refractivity contribution is 5.77. The Labute approximate surface area is 225 Å². The van der Waals surface area contributed by atoms with E-state index in [2.05, 4.69) is 0 Å². The smallest absolute Gasteiger partial charge is 0.345 e. The predicted molar refractivity (Wildman–Crippen MR) is 141 cm³/mol. The average molecular weight is 546 g/mol. The number of carbonyl (C=O) groups is 1. The fourth-order valence-electron chi connectivity index (χ4n) is 4.35. The molecule has 0 radical (unpaired) electrons. The number of carboxylic acids is 1. The number of hydrogen-bond acceptors (Lipinski definition) is 3. The first-order chi connectivity index (χ1) is 18.7. The minimum Gasteiger partial charge on any atom is -0.488 e. The van der Waals surface area contributed by atoms with Crippen LogP contribution in [0.15, 0.2) is 72.3 Å². The van der Waals surface area contributed by atoms with E-state index in [4.69, 9.17) is 9.47 Å². The molecule has 0 spiro atoms. The molecule has 2 aromatic carbocycles. The van der Waals surface area contributed by atoms with E-state index in [1.165, 1.54) is 30.3 Å². The van der Waals surface area contributed by atoms with E-state index in [0.29, 0.717) is 29.1 Å². The summed E-state index contributed by atoms with van der Waals surface area (Å²) in [6.07, 6.45) is 2.40. The Morgan fingerprint density at radius 1 is 1.05 bits per heavy atom. The molecule has 1 aliphatic rings. The molecule has 1 unspecified atom stereocenters. The Hall–Kier alpha value is -3.85. The van der Waals surface area contributed by atoms with Crippen molar-refractivity contribution in [3.8, 4) is 17.0 Å². The maximum absolute atomic E-state index is 14.4. The first kappa shape index (κ1) is 29.7. The van der Waals surface area contributed by atoms with Crippen molar-refractivity contribution in [1.29, 1.82) is 0 Å². The molecule has 9 heteroatoms. The summed E-state index contributed by atoms with van der Waals surface area (Å²) in [5.74, 6) is -1.64. The zero-order valence-electron chi connectivity index (χ0n) is 22.0. The van der Waals surface area contributed by atoms with Crippen molar-refractivity contribution in [3.05, 3.63) is 95.2 Å². The SMILES string of the molecule is CC.Cc1ccc(-c2cc(F)ccc2OCc2ccc(F)cc2)n1C1=CCCC(OC(F)F)C(CC(=O)O)=C1. The number of aromatic nitrogens is 1. The quantitative estimate of drug-likeness (QED) is 0.277. The fraction of sp³-hybridized carbons (Fsp3) is 0.300. The highest BCUT2D eigenvalue weighted by Crippen LogP contribution is 2.36. The number of carboxylic acid groups (broad SMARTS) is 1. The molecule has 1 aliphatic carbocycles. The second kappa shape index (κ2) is 13.8. The molecule has 0 fully saturated rings. The first-order valence-corrected chi connectivity index (χ1v) is 12.6. The maximum atomic E-state index is 14.4. The molecule has 0 amide bonds. The largest absolute Gasteiger partial charge is 0.488 e. The second-order valence-corrected chi connectivity index (χ2v) is 8.63. The van der Waals surface area contributed by atoms with Gasteiger partial charge in [-0.2, -0.15) is 8.78 Å². The molecule has 1 heterocycles. The molecule has 1 N–H and O–H groups in total. The molecule has 4 rings (SSSR count). The van der Waals surface area contributed by atoms with E-state index in [1.54, 1.807) is 28.8 Å². The van der Waals surface area contributed by atoms with Gasteiger partial charge in [0.2, 0.25) is 0 Å². The number of benzene rings is 2. The lowest BCUT2D eigenvalue weighted by molar-refractivity contribution is -0.156. The lowest BCUT2D eigenvalue weighted by Gasteiger charge is -2.19. The van der Waals surface area contributed by atoms with E-state index >= 15 is 0 Å². The number of alkyl halides is 2. The van der Waals surface area contributed by atoms with Crippen molar-refractivity contribution in [2.45, 2.75) is 59.4 Å². The van der Waals surface area contributed by atoms with Crippen LogP contribution in [-0.4, -0.2) is 28.4 Å². The predicted octanol–water partition coefficient (Wildman–Crippen LogP) is 7.99. The third-order valence-corrected chi connectivity index (χ3v) is 6.01. The van der Waals surface area contributed by atoms with Gasteiger partial charge in [-0.3, -0.25) is 4.79 Å². The first-order valence-electron chi connectivity index (χ1n) is 12.6. The van der Waals surface area contributed by atoms with Crippen molar-refractivity contribution in [1.82, 2.24) is 4.57 Å². The molecule has 39 heavy (non-hydrogen) atoms. The van der Waals surface area contributed by atoms with Gasteiger partial charge < -0.3 is 19.1 Å². The lowest BCUT2D eigenvalue weighted by Crippen LogP contribution is -2.20. The molecular formula is C30H31F4NO4. The van der Waals surface area contributed by atoms with Crippen LogP contribution in [0, 0.1) is 18.6 Å². The number of aryl methyl sites for hydroxylation is 1. The van der Waals surface area contributed by atoms with Crippen LogP contribution >= 0.6 is 0 Å². The summed E-state index contributed by atoms with van der Waals surface area (Å²) in [4.78, 5) is 11.5. The third kappa shape index (κ3) is 7.83. The Kier molecular flexibility index (Phi) is 10.5. The van der Waals surface area contributed by atoms with Gasteiger partial charge in [-0.1, -0.05) is 32.1 Å². The molecule has 208 valence electrons. The van der Waals surface area contributed by atoms with E-state index in [1.807, 2.05) is 32.9 Å². The number of hydrogen-bond donors (Lipinski definition) is 1. The molecule has 0 saturated carbocycles. The van der Waals surface area contributed by atoms with Crippen molar-refractivity contribution in [2.75, 3.05) is 0 Å². The summed E-state index contributed by atoms with van der Waals surface area (Å²) in [5, 5.41) is 9.36. The summed E-state index contributed by atoms with van der Waals surface area (Å²) < 4.78 is 66.1. The number of nitrogens with zero attached hydrogens (tertiary/aromatic N) is 1. The lowest BCUT2D eigenvalue weighted by atomic mass is 10.0. The van der Waals surface area contributed by atoms with E-state index in [9.17, 15) is 27.5 Å². The molecule has 3 aromatic rings. The van der Waals surface area contributed by atoms with Gasteiger partial charge in [0, 0.05) is 17.0 Å². The molecule has 0 saturated heterocycles. The van der Waals surface area contributed by atoms with Crippen LogP contribution in [0.25, 0.3) is 17.0 Å². The molecule has 0 bridgehead atoms. The summed E-state index contributed by atoms with van der Waals surface area (Å²) in [5.41, 5.74) is 3.26. The van der Waals surface area contributed by atoms with Crippen molar-refractivity contribution in [3.63, 3.8) is 0 Å². The number of aliphatic carboxylic acids is 1. The summed E-state index contributed by atoms with van der Waals surface area (Å²) in [7, 11) is 0. The van der Waals surface area contributed by atoms with Gasteiger partial charge in [0.05, 0.1) is 18.2 Å². The Morgan fingerprint density at radius 3 is 2.41 bits per heavy atom. The molecule has 5 nitrogen and oxygen atoms in total.